The summed E-state index contributed by atoms with van der Waals surface area (Å²) in [6.45, 7) is 12.4. The molecule has 0 bridgehead atoms. The molecule has 0 aliphatic carbocycles. The Labute approximate surface area is 849 Å². The van der Waals surface area contributed by atoms with Crippen molar-refractivity contribution in [3.05, 3.63) is 39.5 Å². The van der Waals surface area contributed by atoms with E-state index in [0.29, 0.717) is 174 Å². The summed E-state index contributed by atoms with van der Waals surface area (Å²) in [4.78, 5) is 197. The molecule has 26 N–H and O–H groups in total. The minimum atomic E-state index is -1.16. The van der Waals surface area contributed by atoms with Crippen LogP contribution in [0.5, 0.6) is 0 Å². The smallest absolute Gasteiger partial charge is 0.243 e. The fourth-order valence-corrected chi connectivity index (χ4v) is 11.6. The predicted molar refractivity (Wildman–Crippen MR) is 426 cm³/mol. The van der Waals surface area contributed by atoms with Crippen LogP contribution in [-0.2, 0) is 268 Å². The zero-order valence-electron chi connectivity index (χ0n) is 71.9. The van der Waals surface area contributed by atoms with E-state index < -0.39 is 143 Å². The number of rotatable bonds is 43. The number of amides is 14. The van der Waals surface area contributed by atoms with Crippen LogP contribution in [0, 0.1) is 22.3 Å². The first-order valence-corrected chi connectivity index (χ1v) is 39.6. The summed E-state index contributed by atoms with van der Waals surface area (Å²) in [6.07, 6.45) is 17.0. The summed E-state index contributed by atoms with van der Waals surface area (Å²) in [5.41, 5.74) is 33.1. The van der Waals surface area contributed by atoms with Gasteiger partial charge < -0.3 is 131 Å². The monoisotopic (exact) mass is 2110 g/mol. The number of Topliss-reactive ketones (excluding diaryl/α,β-unsaturated/α-hetero) is 1. The van der Waals surface area contributed by atoms with E-state index >= 15 is 0 Å². The average molecular weight is 2110 g/mol. The second kappa shape index (κ2) is 82.9. The Hall–Kier alpha value is -1.37. The van der Waals surface area contributed by atoms with Crippen LogP contribution in [0.25, 0.3) is 17.2 Å². The van der Waals surface area contributed by atoms with Crippen LogP contribution in [0.3, 0.4) is 0 Å². The normalized spacial score (nSPS) is 21.7. The van der Waals surface area contributed by atoms with E-state index in [9.17, 15) is 71.9 Å². The van der Waals surface area contributed by atoms with E-state index in [1.165, 1.54) is 41.5 Å². The average Bonchev–Trinajstić information content (AvgIpc) is 0.861. The molecule has 0 aromatic rings. The van der Waals surface area contributed by atoms with E-state index in [-0.39, 0.29) is 255 Å². The first-order chi connectivity index (χ1) is 51.6. The van der Waals surface area contributed by atoms with Crippen LogP contribution in [0.1, 0.15) is 247 Å². The molecule has 41 heteroatoms. The molecule has 14 amide bonds. The molecule has 0 aromatic heterocycles. The number of nitrogens with one attached hydrogen (secondary N) is 17. The van der Waals surface area contributed by atoms with Crippen LogP contribution in [0.2, 0.25) is 0 Å². The predicted octanol–water partition coefficient (Wildman–Crippen LogP) is 0.440. The molecular formula is C76H145N20O15Y6-3. The van der Waals surface area contributed by atoms with Gasteiger partial charge in [-0.2, -0.15) is 19.6 Å². The quantitative estimate of drug-likeness (QED) is 0.0291. The van der Waals surface area contributed by atoms with Crippen molar-refractivity contribution in [2.24, 2.45) is 0 Å². The maximum atomic E-state index is 13.7. The Balaban J connectivity index is -0.000000286. The van der Waals surface area contributed by atoms with Gasteiger partial charge in [-0.15, -0.1) is 0 Å². The van der Waals surface area contributed by atoms with Gasteiger partial charge in [0.2, 0.25) is 82.7 Å². The standard InChI is InChI=1S/C46H82N11O9.C27H51N9O6.3CH3.6Y/c1-32-41(61)55-36(22-10-4-8-20-35(58)21-9-5-15-27-47)44(64)52-33(2)42(62)56-38(24-14-19-31-51-40(60)26-12-7-17-29-49)46(66)54-34(3)43(63)57-37(45(65)53-32)23-13-18-30-50-39(59)25-11-6-16-28-48;1-16-22(37)34-20(11-5-8-14-29)26(41)32-18(3)24(39)36-21(12-6-9-15-30)27(42)33-17(2)23(38)35-19(25(40)31-16)10-4-7-13-28;;;;;;;;;/h32-34,36-38,47-49H,4-31H2,1-3H3,(H,50,59)(H,51,60)(H,52,64)(H,53,65)(H,54,66)(H,55,61)(H,56,62)(H,57,63);16-21H,4-15,28-30H2,1-3H3,(H,31,40)(H,32,41)(H,33,42)(H,34,37)(H,35,38)(H,36,39);3*1H3;;;;;;/q-3;;3*-1;;;;;;/p+3/t32-,33-,34-,36+,37+,38+;16-,17-,18-,19+,20+,21+;;;;;;;;;/m11........./s1. The zero-order valence-corrected chi connectivity index (χ0v) is 89.0. The van der Waals surface area contributed by atoms with E-state index in [2.05, 4.69) is 91.6 Å². The largest absolute Gasteiger partial charge is 0.677 e. The second-order valence-corrected chi connectivity index (χ2v) is 28.3. The number of unbranched alkanes of at least 4 members (excludes halogenated alkanes) is 13. The first-order valence-electron chi connectivity index (χ1n) is 39.6. The Morgan fingerprint density at radius 2 is 0.436 bits per heavy atom. The molecule has 2 aliphatic heterocycles. The van der Waals surface area contributed by atoms with Crippen molar-refractivity contribution in [1.29, 1.82) is 0 Å². The van der Waals surface area contributed by atoms with Gasteiger partial charge >= 0.3 is 0 Å². The third-order valence-electron chi connectivity index (χ3n) is 18.5. The molecule has 0 aromatic carbocycles. The van der Waals surface area contributed by atoms with Crippen LogP contribution < -0.4 is 91.6 Å². The third kappa shape index (κ3) is 63.2. The van der Waals surface area contributed by atoms with Crippen molar-refractivity contribution in [2.45, 2.75) is 320 Å². The molecular weight excluding hydrogens is 1970 g/mol. The van der Waals surface area contributed by atoms with Crippen LogP contribution in [-0.4, -0.2) is 213 Å². The molecule has 0 unspecified atom stereocenters. The third-order valence-corrected chi connectivity index (χ3v) is 18.5. The summed E-state index contributed by atoms with van der Waals surface area (Å²) in [5.74, 6) is -7.57. The van der Waals surface area contributed by atoms with Crippen molar-refractivity contribution in [2.75, 3.05) is 52.4 Å². The number of hydrogen-bond acceptors (Lipinski definition) is 15. The van der Waals surface area contributed by atoms with Crippen molar-refractivity contribution >= 4 is 88.5 Å². The van der Waals surface area contributed by atoms with Gasteiger partial charge in [0.05, 0.1) is 19.6 Å². The van der Waals surface area contributed by atoms with Gasteiger partial charge in [-0.3, -0.25) is 71.9 Å². The Kier molecular flexibility index (Phi) is 94.7. The number of carbonyl (C=O) groups excluding carboxylic acids is 15. The van der Waals surface area contributed by atoms with Gasteiger partial charge in [-0.1, -0.05) is 51.4 Å². The molecule has 2 fully saturated rings. The number of ketones is 1. The second-order valence-electron chi connectivity index (χ2n) is 28.3. The fourth-order valence-electron chi connectivity index (χ4n) is 11.6. The van der Waals surface area contributed by atoms with Gasteiger partial charge in [0.25, 0.3) is 0 Å². The first kappa shape index (κ1) is 134. The van der Waals surface area contributed by atoms with Gasteiger partial charge in [0.1, 0.15) is 78.3 Å². The topological polar surface area (TPSA) is 579 Å². The molecule has 0 saturated carbocycles. The van der Waals surface area contributed by atoms with E-state index in [4.69, 9.17) is 17.2 Å². The molecule has 2 aliphatic rings. The molecule has 12 atom stereocenters. The van der Waals surface area contributed by atoms with Gasteiger partial charge in [0, 0.05) is 235 Å². The van der Waals surface area contributed by atoms with Gasteiger partial charge in [-0.25, -0.2) is 0 Å². The molecule has 117 heavy (non-hydrogen) atoms. The molecule has 2 saturated heterocycles. The molecule has 0 spiro atoms. The summed E-state index contributed by atoms with van der Waals surface area (Å²) in [7, 11) is 0. The molecule has 660 valence electrons. The van der Waals surface area contributed by atoms with Crippen molar-refractivity contribution in [3.8, 4) is 0 Å². The molecule has 2 rings (SSSR count). The van der Waals surface area contributed by atoms with E-state index in [0.717, 1.165) is 64.2 Å². The number of hydrogen-bond donors (Lipinski definition) is 17. The summed E-state index contributed by atoms with van der Waals surface area (Å²) in [5, 5.41) is 37.6. The van der Waals surface area contributed by atoms with Crippen LogP contribution in [0.15, 0.2) is 0 Å². The fraction of sp³-hybridized carbons (Fsp3) is 0.763. The minimum Gasteiger partial charge on any atom is -0.677 e. The minimum absolute atomic E-state index is 0. The summed E-state index contributed by atoms with van der Waals surface area (Å²) in [6, 6.07) is -12.8. The maximum absolute atomic E-state index is 13.7. The Morgan fingerprint density at radius 3 is 0.632 bits per heavy atom. The van der Waals surface area contributed by atoms with Gasteiger partial charge in [-0.05, 0) is 170 Å². The van der Waals surface area contributed by atoms with Crippen LogP contribution >= 0.6 is 0 Å². The van der Waals surface area contributed by atoms with Crippen molar-refractivity contribution < 1.29 is 285 Å². The van der Waals surface area contributed by atoms with E-state index in [1.54, 1.807) is 0 Å². The van der Waals surface area contributed by atoms with Gasteiger partial charge in [0.15, 0.2) is 0 Å². The number of quaternary nitrogens is 3. The Morgan fingerprint density at radius 1 is 0.256 bits per heavy atom. The maximum Gasteiger partial charge on any atom is 0.243 e. The molecule has 2 heterocycles. The van der Waals surface area contributed by atoms with E-state index in [1.807, 2.05) is 0 Å². The summed E-state index contributed by atoms with van der Waals surface area (Å²) < 4.78 is 0. The zero-order chi connectivity index (χ0) is 80.8. The Bertz CT molecular complexity index is 2520. The molecule has 35 nitrogen and oxygen atoms in total. The van der Waals surface area contributed by atoms with Crippen LogP contribution in [0.4, 0.5) is 0 Å². The van der Waals surface area contributed by atoms with Crippen molar-refractivity contribution in [3.63, 3.8) is 0 Å². The SMILES string of the molecule is C[C@H]1NC(=O)[C@H](CCCCCC(=O)CCCCC[NH-])NC(=O)[C@@H](C)NC(=O)[C@H](CCCCNC(=O)CCCCC[NH-])NC(=O)[C@@H](C)NC(=O)[C@H](CCCCNC(=O)CCCCC[NH-])NC1=O.C[C@H]1NC(=O)[C@H](CCCC[NH3+])NC(=O)[C@@H](C)NC(=O)[C@H](CCCC[NH3+])NC(=O)[C@@H](C)NC(=O)[C@H](CCCC[NH3+])NC1=O.[CH3-].[CH3-].[CH3-].[Y].[Y].[Y].[Y].[Y].[Y]. The molecule has 6 radical (unpaired) electrons. The van der Waals surface area contributed by atoms with Crippen molar-refractivity contribution in [1.82, 2.24) is 74.4 Å². The number of carbonyl (C=O) groups is 15. The summed E-state index contributed by atoms with van der Waals surface area (Å²) >= 11 is 0.